The third-order valence-electron chi connectivity index (χ3n) is 3.81. The molecule has 0 aromatic heterocycles. The van der Waals surface area contributed by atoms with Gasteiger partial charge in [-0.25, -0.2) is 4.79 Å². The van der Waals surface area contributed by atoms with Crippen molar-refractivity contribution in [3.05, 3.63) is 66.2 Å². The summed E-state index contributed by atoms with van der Waals surface area (Å²) < 4.78 is 5.34. The molecule has 3 aromatic rings. The van der Waals surface area contributed by atoms with Crippen LogP contribution in [0.25, 0.3) is 21.5 Å². The summed E-state index contributed by atoms with van der Waals surface area (Å²) in [5.74, 6) is 0.165. The minimum atomic E-state index is -0.433. The van der Waals surface area contributed by atoms with E-state index in [4.69, 9.17) is 4.74 Å². The van der Waals surface area contributed by atoms with Crippen molar-refractivity contribution in [2.24, 2.45) is 0 Å². The number of esters is 1. The van der Waals surface area contributed by atoms with Gasteiger partial charge in [0.15, 0.2) is 0 Å². The Balaban J connectivity index is 2.30. The van der Waals surface area contributed by atoms with Crippen LogP contribution < -0.4 is 4.74 Å². The van der Waals surface area contributed by atoms with Crippen molar-refractivity contribution >= 4 is 27.5 Å². The Morgan fingerprint density at radius 2 is 1.67 bits per heavy atom. The van der Waals surface area contributed by atoms with E-state index in [0.29, 0.717) is 5.75 Å². The molecule has 0 N–H and O–H groups in total. The van der Waals surface area contributed by atoms with Crippen LogP contribution in [0.15, 0.2) is 55.1 Å². The number of hydrogen-bond acceptors (Lipinski definition) is 2. The molecule has 0 saturated carbocycles. The highest BCUT2D eigenvalue weighted by Crippen LogP contribution is 2.33. The van der Waals surface area contributed by atoms with Crippen molar-refractivity contribution in [1.82, 2.24) is 0 Å². The Kier molecular flexibility index (Phi) is 3.22. The fraction of sp³-hybridized carbons (Fsp3) is 0.105. The highest BCUT2D eigenvalue weighted by molar-refractivity contribution is 6.02. The Bertz CT molecular complexity index is 875. The zero-order valence-corrected chi connectivity index (χ0v) is 12.1. The number of fused-ring (bicyclic) bond motifs is 2. The average Bonchev–Trinajstić information content (AvgIpc) is 2.50. The number of carbonyl (C=O) groups is 1. The van der Waals surface area contributed by atoms with Crippen LogP contribution in [0.4, 0.5) is 0 Å². The van der Waals surface area contributed by atoms with Gasteiger partial charge in [0.25, 0.3) is 0 Å². The van der Waals surface area contributed by atoms with Gasteiger partial charge < -0.3 is 4.74 Å². The molecule has 2 heteroatoms. The van der Waals surface area contributed by atoms with Crippen LogP contribution in [0, 0.1) is 13.8 Å². The molecule has 3 aromatic carbocycles. The van der Waals surface area contributed by atoms with Gasteiger partial charge in [0.05, 0.1) is 0 Å². The van der Waals surface area contributed by atoms with Crippen LogP contribution in [0.3, 0.4) is 0 Å². The van der Waals surface area contributed by atoms with Gasteiger partial charge >= 0.3 is 5.97 Å². The van der Waals surface area contributed by atoms with Crippen LogP contribution in [0.1, 0.15) is 11.1 Å². The van der Waals surface area contributed by atoms with Crippen LogP contribution in [0.2, 0.25) is 0 Å². The molecule has 0 heterocycles. The van der Waals surface area contributed by atoms with Crippen LogP contribution >= 0.6 is 0 Å². The molecule has 0 saturated heterocycles. The predicted molar refractivity (Wildman–Crippen MR) is 86.8 cm³/mol. The second kappa shape index (κ2) is 5.06. The van der Waals surface area contributed by atoms with Gasteiger partial charge in [-0.15, -0.1) is 0 Å². The zero-order valence-electron chi connectivity index (χ0n) is 12.1. The molecule has 104 valence electrons. The molecular formula is C19H16O2. The van der Waals surface area contributed by atoms with E-state index >= 15 is 0 Å². The summed E-state index contributed by atoms with van der Waals surface area (Å²) in [6, 6.07) is 14.5. The first-order chi connectivity index (χ1) is 10.1. The maximum atomic E-state index is 11.5. The van der Waals surface area contributed by atoms with Crippen LogP contribution in [-0.4, -0.2) is 5.97 Å². The lowest BCUT2D eigenvalue weighted by molar-refractivity contribution is -0.128. The van der Waals surface area contributed by atoms with E-state index in [1.54, 1.807) is 0 Å². The molecule has 0 fully saturated rings. The van der Waals surface area contributed by atoms with Crippen molar-refractivity contribution < 1.29 is 9.53 Å². The minimum absolute atomic E-state index is 0.433. The molecule has 21 heavy (non-hydrogen) atoms. The van der Waals surface area contributed by atoms with Crippen molar-refractivity contribution in [2.75, 3.05) is 0 Å². The van der Waals surface area contributed by atoms with E-state index in [2.05, 4.69) is 30.8 Å². The molecule has 0 aliphatic rings. The maximum absolute atomic E-state index is 11.5. The number of hydrogen-bond donors (Lipinski definition) is 0. The Morgan fingerprint density at radius 1 is 1.05 bits per heavy atom. The Morgan fingerprint density at radius 3 is 2.29 bits per heavy atom. The number of benzene rings is 3. The van der Waals surface area contributed by atoms with E-state index in [0.717, 1.165) is 16.5 Å². The van der Waals surface area contributed by atoms with Gasteiger partial charge in [-0.1, -0.05) is 30.8 Å². The molecule has 0 aliphatic heterocycles. The molecule has 0 spiro atoms. The van der Waals surface area contributed by atoms with E-state index in [-0.39, 0.29) is 0 Å². The van der Waals surface area contributed by atoms with E-state index in [1.807, 2.05) is 32.0 Å². The molecule has 0 amide bonds. The molecule has 0 radical (unpaired) electrons. The standard InChI is InChI=1S/C19H16O2/c1-4-19(20)21-18-9-12(2)16-10-14-7-5-6-8-15(14)11-17(16)13(18)3/h4-11H,1H2,2-3H3. The van der Waals surface area contributed by atoms with Crippen molar-refractivity contribution in [1.29, 1.82) is 0 Å². The van der Waals surface area contributed by atoms with Crippen molar-refractivity contribution in [3.63, 3.8) is 0 Å². The van der Waals surface area contributed by atoms with Gasteiger partial charge in [-0.05, 0) is 64.7 Å². The summed E-state index contributed by atoms with van der Waals surface area (Å²) in [5, 5.41) is 4.69. The minimum Gasteiger partial charge on any atom is -0.423 e. The summed E-state index contributed by atoms with van der Waals surface area (Å²) in [6.07, 6.45) is 1.18. The van der Waals surface area contributed by atoms with Crippen LogP contribution in [0.5, 0.6) is 5.75 Å². The van der Waals surface area contributed by atoms with Gasteiger partial charge in [-0.2, -0.15) is 0 Å². The molecule has 3 rings (SSSR count). The first kappa shape index (κ1) is 13.4. The van der Waals surface area contributed by atoms with E-state index < -0.39 is 5.97 Å². The number of ether oxygens (including phenoxy) is 1. The monoisotopic (exact) mass is 276 g/mol. The third kappa shape index (κ3) is 2.29. The van der Waals surface area contributed by atoms with Crippen LogP contribution in [-0.2, 0) is 4.79 Å². The molecule has 0 unspecified atom stereocenters. The molecule has 0 aliphatic carbocycles. The highest BCUT2D eigenvalue weighted by atomic mass is 16.5. The van der Waals surface area contributed by atoms with E-state index in [9.17, 15) is 4.79 Å². The Labute approximate surface area is 123 Å². The quantitative estimate of drug-likeness (QED) is 0.293. The largest absolute Gasteiger partial charge is 0.423 e. The normalized spacial score (nSPS) is 10.8. The Hall–Kier alpha value is -2.61. The number of aryl methyl sites for hydroxylation is 2. The smallest absolute Gasteiger partial charge is 0.335 e. The van der Waals surface area contributed by atoms with Gasteiger partial charge in [0.2, 0.25) is 0 Å². The van der Waals surface area contributed by atoms with Gasteiger partial charge in [-0.3, -0.25) is 0 Å². The third-order valence-corrected chi connectivity index (χ3v) is 3.81. The average molecular weight is 276 g/mol. The summed E-state index contributed by atoms with van der Waals surface area (Å²) in [4.78, 5) is 11.5. The first-order valence-electron chi connectivity index (χ1n) is 6.87. The summed E-state index contributed by atoms with van der Waals surface area (Å²) >= 11 is 0. The second-order valence-electron chi connectivity index (χ2n) is 5.19. The lowest BCUT2D eigenvalue weighted by Gasteiger charge is -2.13. The molecular weight excluding hydrogens is 260 g/mol. The maximum Gasteiger partial charge on any atom is 0.335 e. The first-order valence-corrected chi connectivity index (χ1v) is 6.87. The molecule has 0 atom stereocenters. The zero-order chi connectivity index (χ0) is 15.0. The number of rotatable bonds is 2. The predicted octanol–water partition coefficient (Wildman–Crippen LogP) is 4.70. The van der Waals surface area contributed by atoms with Crippen molar-refractivity contribution in [2.45, 2.75) is 13.8 Å². The summed E-state index contributed by atoms with van der Waals surface area (Å²) in [6.45, 7) is 7.44. The van der Waals surface area contributed by atoms with Crippen molar-refractivity contribution in [3.8, 4) is 5.75 Å². The summed E-state index contributed by atoms with van der Waals surface area (Å²) in [7, 11) is 0. The fourth-order valence-corrected chi connectivity index (χ4v) is 2.65. The molecule has 0 bridgehead atoms. The van der Waals surface area contributed by atoms with Gasteiger partial charge in [0, 0.05) is 6.08 Å². The van der Waals surface area contributed by atoms with Gasteiger partial charge in [0.1, 0.15) is 5.75 Å². The van der Waals surface area contributed by atoms with E-state index in [1.165, 1.54) is 22.2 Å². The fourth-order valence-electron chi connectivity index (χ4n) is 2.65. The lowest BCUT2D eigenvalue weighted by atomic mass is 9.96. The number of carbonyl (C=O) groups excluding carboxylic acids is 1. The molecule has 2 nitrogen and oxygen atoms in total. The topological polar surface area (TPSA) is 26.3 Å². The SMILES string of the molecule is C=CC(=O)Oc1cc(C)c2cc3ccccc3cc2c1C. The summed E-state index contributed by atoms with van der Waals surface area (Å²) in [5.41, 5.74) is 2.06. The lowest BCUT2D eigenvalue weighted by Crippen LogP contribution is -2.05. The highest BCUT2D eigenvalue weighted by Gasteiger charge is 2.11. The second-order valence-corrected chi connectivity index (χ2v) is 5.19.